The Hall–Kier alpha value is -1.76. The monoisotopic (exact) mass is 414 g/mol. The fourth-order valence-electron chi connectivity index (χ4n) is 1.63. The lowest BCUT2D eigenvalue weighted by Gasteiger charge is -2.39. The first-order valence-electron chi connectivity index (χ1n) is 5.97. The van der Waals surface area contributed by atoms with Crippen LogP contribution < -0.4 is 0 Å². The maximum atomic E-state index is 13.6. The molecule has 0 aliphatic carbocycles. The highest BCUT2D eigenvalue weighted by atomic mass is 19.4. The van der Waals surface area contributed by atoms with Crippen molar-refractivity contribution in [1.82, 2.24) is 0 Å². The largest absolute Gasteiger partial charge is 0.460 e. The minimum atomic E-state index is -7.97. The summed E-state index contributed by atoms with van der Waals surface area (Å²) in [4.78, 5) is 0. The van der Waals surface area contributed by atoms with Gasteiger partial charge in [0.2, 0.25) is 0 Å². The molecule has 0 aromatic heterocycles. The van der Waals surface area contributed by atoms with Crippen molar-refractivity contribution in [2.45, 2.75) is 35.8 Å². The molecule has 0 spiro atoms. The first-order chi connectivity index (χ1) is 11.2. The average molecular weight is 414 g/mol. The van der Waals surface area contributed by atoms with Gasteiger partial charge in [-0.1, -0.05) is 12.1 Å². The second kappa shape index (κ2) is 5.87. The Labute approximate surface area is 134 Å². The summed E-state index contributed by atoms with van der Waals surface area (Å²) < 4.78 is 180. The minimum Gasteiger partial charge on any atom is -0.207 e. The molecule has 0 saturated heterocycles. The van der Waals surface area contributed by atoms with Gasteiger partial charge in [-0.25, -0.2) is 4.39 Å². The van der Waals surface area contributed by atoms with Crippen molar-refractivity contribution in [3.63, 3.8) is 0 Å². The van der Waals surface area contributed by atoms with Gasteiger partial charge in [-0.2, -0.15) is 57.1 Å². The molecule has 0 bridgehead atoms. The van der Waals surface area contributed by atoms with Crippen molar-refractivity contribution in [1.29, 1.82) is 0 Å². The highest BCUT2D eigenvalue weighted by Gasteiger charge is 2.90. The summed E-state index contributed by atoms with van der Waals surface area (Å²) in [5.41, 5.74) is -2.35. The van der Waals surface area contributed by atoms with E-state index >= 15 is 0 Å². The van der Waals surface area contributed by atoms with Crippen LogP contribution in [-0.4, -0.2) is 29.9 Å². The predicted octanol–water partition coefficient (Wildman–Crippen LogP) is 6.02. The Morgan fingerprint density at radius 1 is 0.538 bits per heavy atom. The van der Waals surface area contributed by atoms with Crippen LogP contribution in [0.2, 0.25) is 0 Å². The van der Waals surface area contributed by atoms with Gasteiger partial charge in [0, 0.05) is 5.56 Å². The van der Waals surface area contributed by atoms with Gasteiger partial charge >= 0.3 is 35.8 Å². The Balaban J connectivity index is 3.58. The molecule has 0 unspecified atom stereocenters. The van der Waals surface area contributed by atoms with Crippen LogP contribution in [0.4, 0.5) is 61.5 Å². The number of rotatable bonds is 5. The van der Waals surface area contributed by atoms with Crippen LogP contribution >= 0.6 is 0 Å². The fourth-order valence-corrected chi connectivity index (χ4v) is 1.63. The van der Waals surface area contributed by atoms with E-state index in [-0.39, 0.29) is 12.1 Å². The first kappa shape index (κ1) is 22.3. The maximum Gasteiger partial charge on any atom is 0.460 e. The molecule has 0 heterocycles. The van der Waals surface area contributed by atoms with Gasteiger partial charge in [-0.05, 0) is 12.1 Å². The summed E-state index contributed by atoms with van der Waals surface area (Å²) in [6, 6.07) is -0.0469. The SMILES string of the molecule is Fc1cccc(C(F)(F)C(F)(F)C(F)(F)C(F)(F)C(F)(F)C(F)(F)F)c1. The zero-order chi connectivity index (χ0) is 21.0. The van der Waals surface area contributed by atoms with Crippen LogP contribution in [0, 0.1) is 5.82 Å². The van der Waals surface area contributed by atoms with Gasteiger partial charge in [-0.3, -0.25) is 0 Å². The van der Waals surface area contributed by atoms with Crippen LogP contribution in [0.3, 0.4) is 0 Å². The molecule has 0 saturated carbocycles. The molecule has 0 nitrogen and oxygen atoms in total. The molecule has 0 atom stereocenters. The highest BCUT2D eigenvalue weighted by molar-refractivity contribution is 5.26. The number of halogens is 14. The standard InChI is InChI=1S/C12H4F14/c13-6-3-1-2-5(4-6)7(14,15)8(16,17)9(18,19)10(20,21)11(22,23)12(24,25)26/h1-4H. The second-order valence-electron chi connectivity index (χ2n) is 4.88. The molecule has 0 aliphatic heterocycles. The lowest BCUT2D eigenvalue weighted by molar-refractivity contribution is -0.441. The highest BCUT2D eigenvalue weighted by Crippen LogP contribution is 2.61. The summed E-state index contributed by atoms with van der Waals surface area (Å²) in [5.74, 6) is -39.3. The summed E-state index contributed by atoms with van der Waals surface area (Å²) in [5, 5.41) is 0. The molecule has 0 aliphatic rings. The van der Waals surface area contributed by atoms with Gasteiger partial charge in [-0.15, -0.1) is 0 Å². The summed E-state index contributed by atoms with van der Waals surface area (Å²) in [7, 11) is 0. The van der Waals surface area contributed by atoms with E-state index in [1.54, 1.807) is 0 Å². The van der Waals surface area contributed by atoms with Crippen molar-refractivity contribution in [3.05, 3.63) is 35.6 Å². The summed E-state index contributed by atoms with van der Waals surface area (Å²) in [6.07, 6.45) is -7.47. The van der Waals surface area contributed by atoms with E-state index < -0.39 is 53.2 Å². The van der Waals surface area contributed by atoms with Crippen molar-refractivity contribution in [2.75, 3.05) is 0 Å². The molecule has 1 aromatic carbocycles. The molecular weight excluding hydrogens is 410 g/mol. The lowest BCUT2D eigenvalue weighted by atomic mass is 9.90. The zero-order valence-electron chi connectivity index (χ0n) is 11.6. The molecular formula is C12H4F14. The predicted molar refractivity (Wildman–Crippen MR) is 56.1 cm³/mol. The number of benzene rings is 1. The normalized spacial score (nSPS) is 15.3. The topological polar surface area (TPSA) is 0 Å². The quantitative estimate of drug-likeness (QED) is 0.517. The number of alkyl halides is 13. The molecule has 0 fully saturated rings. The van der Waals surface area contributed by atoms with Crippen LogP contribution in [0.5, 0.6) is 0 Å². The van der Waals surface area contributed by atoms with Crippen molar-refractivity contribution < 1.29 is 61.5 Å². The van der Waals surface area contributed by atoms with E-state index in [9.17, 15) is 61.5 Å². The molecule has 150 valence electrons. The van der Waals surface area contributed by atoms with E-state index in [1.807, 2.05) is 0 Å². The number of hydrogen-bond acceptors (Lipinski definition) is 0. The van der Waals surface area contributed by atoms with Crippen molar-refractivity contribution in [3.8, 4) is 0 Å². The Morgan fingerprint density at radius 3 is 1.35 bits per heavy atom. The van der Waals surface area contributed by atoms with E-state index in [1.165, 1.54) is 0 Å². The molecule has 14 heteroatoms. The van der Waals surface area contributed by atoms with Crippen LogP contribution in [-0.2, 0) is 5.92 Å². The molecule has 0 N–H and O–H groups in total. The van der Waals surface area contributed by atoms with Crippen molar-refractivity contribution >= 4 is 0 Å². The van der Waals surface area contributed by atoms with Crippen LogP contribution in [0.15, 0.2) is 24.3 Å². The summed E-state index contributed by atoms with van der Waals surface area (Å²) >= 11 is 0. The van der Waals surface area contributed by atoms with E-state index in [0.29, 0.717) is 6.07 Å². The molecule has 0 amide bonds. The third-order valence-corrected chi connectivity index (χ3v) is 3.12. The van der Waals surface area contributed by atoms with E-state index in [0.717, 1.165) is 0 Å². The number of hydrogen-bond donors (Lipinski definition) is 0. The fraction of sp³-hybridized carbons (Fsp3) is 0.500. The minimum absolute atomic E-state index is 0.146. The van der Waals surface area contributed by atoms with E-state index in [4.69, 9.17) is 0 Å². The Morgan fingerprint density at radius 2 is 0.962 bits per heavy atom. The third kappa shape index (κ3) is 2.86. The Kier molecular flexibility index (Phi) is 5.03. The molecule has 26 heavy (non-hydrogen) atoms. The molecule has 0 radical (unpaired) electrons. The zero-order valence-corrected chi connectivity index (χ0v) is 11.6. The van der Waals surface area contributed by atoms with Crippen LogP contribution in [0.25, 0.3) is 0 Å². The maximum absolute atomic E-state index is 13.6. The second-order valence-corrected chi connectivity index (χ2v) is 4.88. The van der Waals surface area contributed by atoms with Gasteiger partial charge in [0.25, 0.3) is 0 Å². The molecule has 1 rings (SSSR count). The van der Waals surface area contributed by atoms with Crippen LogP contribution in [0.1, 0.15) is 5.56 Å². The first-order valence-corrected chi connectivity index (χ1v) is 5.97. The lowest BCUT2D eigenvalue weighted by Crippen LogP contribution is -2.69. The van der Waals surface area contributed by atoms with Gasteiger partial charge in [0.15, 0.2) is 0 Å². The molecule has 1 aromatic rings. The van der Waals surface area contributed by atoms with E-state index in [2.05, 4.69) is 0 Å². The summed E-state index contributed by atoms with van der Waals surface area (Å²) in [6.45, 7) is 0. The van der Waals surface area contributed by atoms with Gasteiger partial charge < -0.3 is 0 Å². The smallest absolute Gasteiger partial charge is 0.207 e. The third-order valence-electron chi connectivity index (χ3n) is 3.12. The van der Waals surface area contributed by atoms with Gasteiger partial charge in [0.05, 0.1) is 0 Å². The Bertz CT molecular complexity index is 656. The average Bonchev–Trinajstić information content (AvgIpc) is 2.45. The van der Waals surface area contributed by atoms with Crippen molar-refractivity contribution in [2.24, 2.45) is 0 Å². The van der Waals surface area contributed by atoms with Gasteiger partial charge in [0.1, 0.15) is 5.82 Å².